The normalized spacial score (nSPS) is 11.7. The Morgan fingerprint density at radius 1 is 1.03 bits per heavy atom. The molecule has 0 atom stereocenters. The molecule has 30 heavy (non-hydrogen) atoms. The minimum Gasteiger partial charge on any atom is -0.545 e. The van der Waals surface area contributed by atoms with E-state index in [9.17, 15) is 19.5 Å². The average Bonchev–Trinajstić information content (AvgIpc) is 3.34. The number of rotatable bonds is 5. The molecule has 3 N–H and O–H groups in total. The zero-order chi connectivity index (χ0) is 21.4. The van der Waals surface area contributed by atoms with Gasteiger partial charge >= 0.3 is 0 Å². The van der Waals surface area contributed by atoms with E-state index in [-0.39, 0.29) is 17.0 Å². The molecule has 0 spiro atoms. The molecular formula is C22H17N4O4-. The highest BCUT2D eigenvalue weighted by atomic mass is 16.4. The SMILES string of the molecule is CC(=O)c1c[nH]c2ccc(/C(C)=N/NC(=O)c3cc4cccc(C(=O)[O-])c4[nH]3)cc12. The first-order valence-electron chi connectivity index (χ1n) is 9.15. The summed E-state index contributed by atoms with van der Waals surface area (Å²) >= 11 is 0. The van der Waals surface area contributed by atoms with E-state index in [1.807, 2.05) is 18.2 Å². The molecule has 4 aromatic rings. The van der Waals surface area contributed by atoms with Crippen LogP contribution in [0.5, 0.6) is 0 Å². The number of carboxylic acid groups (broad SMARTS) is 1. The Hall–Kier alpha value is -4.20. The molecule has 0 fully saturated rings. The molecule has 0 unspecified atom stereocenters. The predicted molar refractivity (Wildman–Crippen MR) is 111 cm³/mol. The molecule has 4 rings (SSSR count). The number of nitrogens with zero attached hydrogens (tertiary/aromatic N) is 1. The summed E-state index contributed by atoms with van der Waals surface area (Å²) < 4.78 is 0. The molecule has 2 heterocycles. The van der Waals surface area contributed by atoms with Gasteiger partial charge in [0.2, 0.25) is 0 Å². The number of amides is 1. The molecule has 0 aliphatic heterocycles. The monoisotopic (exact) mass is 401 g/mol. The number of aromatic nitrogens is 2. The van der Waals surface area contributed by atoms with Crippen molar-refractivity contribution in [3.8, 4) is 0 Å². The largest absolute Gasteiger partial charge is 0.545 e. The number of H-pyrrole nitrogens is 2. The highest BCUT2D eigenvalue weighted by Gasteiger charge is 2.13. The fourth-order valence-electron chi connectivity index (χ4n) is 3.34. The number of para-hydroxylation sites is 1. The second-order valence-corrected chi connectivity index (χ2v) is 6.90. The summed E-state index contributed by atoms with van der Waals surface area (Å²) in [6, 6.07) is 11.8. The maximum Gasteiger partial charge on any atom is 0.287 e. The van der Waals surface area contributed by atoms with Crippen molar-refractivity contribution in [2.45, 2.75) is 13.8 Å². The van der Waals surface area contributed by atoms with E-state index in [2.05, 4.69) is 20.5 Å². The summed E-state index contributed by atoms with van der Waals surface area (Å²) in [6.07, 6.45) is 1.67. The van der Waals surface area contributed by atoms with Gasteiger partial charge in [0, 0.05) is 33.6 Å². The first-order chi connectivity index (χ1) is 14.3. The van der Waals surface area contributed by atoms with Gasteiger partial charge in [0.1, 0.15) is 5.69 Å². The molecule has 150 valence electrons. The summed E-state index contributed by atoms with van der Waals surface area (Å²) in [4.78, 5) is 41.3. The minimum absolute atomic E-state index is 0.0210. The molecular weight excluding hydrogens is 384 g/mol. The van der Waals surface area contributed by atoms with Gasteiger partial charge in [-0.05, 0) is 37.6 Å². The molecule has 0 saturated carbocycles. The Morgan fingerprint density at radius 2 is 1.83 bits per heavy atom. The lowest BCUT2D eigenvalue weighted by atomic mass is 10.1. The third-order valence-corrected chi connectivity index (χ3v) is 4.92. The number of nitrogens with one attached hydrogen (secondary N) is 3. The maximum atomic E-state index is 12.5. The van der Waals surface area contributed by atoms with Crippen molar-refractivity contribution in [2.24, 2.45) is 5.10 Å². The van der Waals surface area contributed by atoms with Crippen molar-refractivity contribution >= 4 is 45.2 Å². The van der Waals surface area contributed by atoms with Gasteiger partial charge in [-0.1, -0.05) is 24.3 Å². The average molecular weight is 401 g/mol. The number of aromatic carboxylic acids is 1. The van der Waals surface area contributed by atoms with Gasteiger partial charge in [0.25, 0.3) is 5.91 Å². The van der Waals surface area contributed by atoms with Crippen LogP contribution in [-0.2, 0) is 0 Å². The first kappa shape index (κ1) is 19.1. The maximum absolute atomic E-state index is 12.5. The van der Waals surface area contributed by atoms with E-state index >= 15 is 0 Å². The number of aromatic amines is 2. The quantitative estimate of drug-likeness (QED) is 0.269. The van der Waals surface area contributed by atoms with Crippen LogP contribution in [0.4, 0.5) is 0 Å². The first-order valence-corrected chi connectivity index (χ1v) is 9.15. The van der Waals surface area contributed by atoms with E-state index in [1.54, 1.807) is 31.3 Å². The zero-order valence-corrected chi connectivity index (χ0v) is 16.2. The number of carbonyl (C=O) groups excluding carboxylic acids is 3. The summed E-state index contributed by atoms with van der Waals surface area (Å²) in [5, 5.41) is 16.7. The molecule has 1 amide bonds. The number of hydrogen-bond donors (Lipinski definition) is 3. The summed E-state index contributed by atoms with van der Waals surface area (Å²) in [5.74, 6) is -1.88. The highest BCUT2D eigenvalue weighted by molar-refractivity contribution is 6.10. The predicted octanol–water partition coefficient (Wildman–Crippen LogP) is 2.37. The summed E-state index contributed by atoms with van der Waals surface area (Å²) in [5.41, 5.74) is 5.66. The number of hydrogen-bond acceptors (Lipinski definition) is 5. The van der Waals surface area contributed by atoms with Crippen LogP contribution in [0, 0.1) is 0 Å². The number of benzene rings is 2. The number of Topliss-reactive ketones (excluding diaryl/α,β-unsaturated/α-hetero) is 1. The van der Waals surface area contributed by atoms with E-state index in [0.29, 0.717) is 22.2 Å². The third kappa shape index (κ3) is 3.35. The smallest absolute Gasteiger partial charge is 0.287 e. The van der Waals surface area contributed by atoms with Crippen molar-refractivity contribution in [3.63, 3.8) is 0 Å². The van der Waals surface area contributed by atoms with Crippen LogP contribution < -0.4 is 10.5 Å². The molecule has 0 saturated heterocycles. The fourth-order valence-corrected chi connectivity index (χ4v) is 3.34. The van der Waals surface area contributed by atoms with E-state index < -0.39 is 11.9 Å². The number of ketones is 1. The fraction of sp³-hybridized carbons (Fsp3) is 0.0909. The van der Waals surface area contributed by atoms with Crippen LogP contribution in [0.2, 0.25) is 0 Å². The van der Waals surface area contributed by atoms with E-state index in [0.717, 1.165) is 16.5 Å². The standard InChI is InChI=1S/C22H18N4O4/c1-11(13-6-7-18-16(8-13)17(10-23-18)12(2)27)25-26-21(28)19-9-14-4-3-5-15(22(29)30)20(14)24-19/h3-10,23-24H,1-2H3,(H,26,28)(H,29,30)/p-1/b25-11+. The van der Waals surface area contributed by atoms with Gasteiger partial charge in [-0.25, -0.2) is 5.43 Å². The lowest BCUT2D eigenvalue weighted by molar-refractivity contribution is -0.254. The van der Waals surface area contributed by atoms with E-state index in [1.165, 1.54) is 13.0 Å². The van der Waals surface area contributed by atoms with Gasteiger partial charge in [-0.15, -0.1) is 0 Å². The second kappa shape index (κ2) is 7.32. The highest BCUT2D eigenvalue weighted by Crippen LogP contribution is 2.21. The van der Waals surface area contributed by atoms with E-state index in [4.69, 9.17) is 0 Å². The topological polar surface area (TPSA) is 130 Å². The Morgan fingerprint density at radius 3 is 2.57 bits per heavy atom. The molecule has 8 nitrogen and oxygen atoms in total. The third-order valence-electron chi connectivity index (χ3n) is 4.92. The van der Waals surface area contributed by atoms with Crippen LogP contribution in [0.25, 0.3) is 21.8 Å². The number of hydrazone groups is 1. The van der Waals surface area contributed by atoms with Gasteiger partial charge in [0.15, 0.2) is 5.78 Å². The van der Waals surface area contributed by atoms with Crippen molar-refractivity contribution in [3.05, 3.63) is 71.0 Å². The molecule has 0 aliphatic rings. The Labute approximate surface area is 170 Å². The van der Waals surface area contributed by atoms with Gasteiger partial charge in [-0.3, -0.25) is 9.59 Å². The van der Waals surface area contributed by atoms with Crippen LogP contribution >= 0.6 is 0 Å². The Balaban J connectivity index is 1.59. The van der Waals surface area contributed by atoms with Gasteiger partial charge in [-0.2, -0.15) is 5.10 Å². The van der Waals surface area contributed by atoms with Crippen molar-refractivity contribution in [2.75, 3.05) is 0 Å². The van der Waals surface area contributed by atoms with Crippen LogP contribution in [0.1, 0.15) is 50.6 Å². The summed E-state index contributed by atoms with van der Waals surface area (Å²) in [7, 11) is 0. The Kier molecular flexibility index (Phi) is 4.67. The summed E-state index contributed by atoms with van der Waals surface area (Å²) in [6.45, 7) is 3.24. The number of carbonyl (C=O) groups is 3. The molecule has 0 bridgehead atoms. The molecule has 2 aromatic carbocycles. The zero-order valence-electron chi connectivity index (χ0n) is 16.2. The van der Waals surface area contributed by atoms with Crippen LogP contribution in [-0.4, -0.2) is 33.3 Å². The lowest BCUT2D eigenvalue weighted by Crippen LogP contribution is -2.22. The van der Waals surface area contributed by atoms with Crippen LogP contribution in [0.3, 0.4) is 0 Å². The lowest BCUT2D eigenvalue weighted by Gasteiger charge is -2.04. The van der Waals surface area contributed by atoms with Crippen molar-refractivity contribution in [1.82, 2.24) is 15.4 Å². The van der Waals surface area contributed by atoms with Crippen LogP contribution in [0.15, 0.2) is 53.8 Å². The van der Waals surface area contributed by atoms with Gasteiger partial charge in [0.05, 0.1) is 17.2 Å². The molecule has 0 aliphatic carbocycles. The Bertz CT molecular complexity index is 1360. The second-order valence-electron chi connectivity index (χ2n) is 6.90. The molecule has 8 heteroatoms. The van der Waals surface area contributed by atoms with Crippen molar-refractivity contribution < 1.29 is 19.5 Å². The van der Waals surface area contributed by atoms with Crippen molar-refractivity contribution in [1.29, 1.82) is 0 Å². The number of fused-ring (bicyclic) bond motifs is 2. The minimum atomic E-state index is -1.33. The number of carboxylic acids is 1. The molecule has 0 radical (unpaired) electrons. The van der Waals surface area contributed by atoms with Gasteiger partial charge < -0.3 is 19.9 Å². The molecule has 2 aromatic heterocycles.